The number of nitrogens with zero attached hydrogens (tertiary/aromatic N) is 1. The van der Waals surface area contributed by atoms with Crippen molar-refractivity contribution in [2.24, 2.45) is 0 Å². The van der Waals surface area contributed by atoms with Crippen LogP contribution < -0.4 is 0 Å². The SMILES string of the molecule is [CH2]c1ccc(C(=O)c2ccccn2)cc1. The fourth-order valence-electron chi connectivity index (χ4n) is 1.30. The molecule has 0 amide bonds. The van der Waals surface area contributed by atoms with E-state index in [1.54, 1.807) is 36.5 Å². The molecule has 15 heavy (non-hydrogen) atoms. The number of pyridine rings is 1. The minimum atomic E-state index is -0.0596. The maximum atomic E-state index is 11.9. The second-order valence-corrected chi connectivity index (χ2v) is 3.24. The zero-order valence-electron chi connectivity index (χ0n) is 8.18. The average molecular weight is 196 g/mol. The van der Waals surface area contributed by atoms with E-state index in [-0.39, 0.29) is 5.78 Å². The lowest BCUT2D eigenvalue weighted by Gasteiger charge is -2.00. The summed E-state index contributed by atoms with van der Waals surface area (Å²) < 4.78 is 0. The van der Waals surface area contributed by atoms with Gasteiger partial charge in [0, 0.05) is 11.8 Å². The molecule has 2 heteroatoms. The Balaban J connectivity index is 2.33. The maximum absolute atomic E-state index is 11.9. The van der Waals surface area contributed by atoms with Crippen LogP contribution in [-0.4, -0.2) is 10.8 Å². The van der Waals surface area contributed by atoms with E-state index < -0.39 is 0 Å². The highest BCUT2D eigenvalue weighted by Crippen LogP contribution is 2.08. The first kappa shape index (κ1) is 9.59. The van der Waals surface area contributed by atoms with Crippen LogP contribution in [-0.2, 0) is 0 Å². The van der Waals surface area contributed by atoms with Gasteiger partial charge in [-0.05, 0) is 24.6 Å². The van der Waals surface area contributed by atoms with Gasteiger partial charge in [-0.2, -0.15) is 0 Å². The van der Waals surface area contributed by atoms with Crippen molar-refractivity contribution in [3.05, 3.63) is 72.4 Å². The third-order valence-corrected chi connectivity index (χ3v) is 2.11. The van der Waals surface area contributed by atoms with Crippen molar-refractivity contribution in [1.29, 1.82) is 0 Å². The van der Waals surface area contributed by atoms with Crippen LogP contribution >= 0.6 is 0 Å². The Morgan fingerprint density at radius 3 is 2.40 bits per heavy atom. The van der Waals surface area contributed by atoms with Gasteiger partial charge in [0.05, 0.1) is 0 Å². The zero-order valence-corrected chi connectivity index (χ0v) is 8.18. The van der Waals surface area contributed by atoms with E-state index in [9.17, 15) is 4.79 Å². The monoisotopic (exact) mass is 196 g/mol. The molecule has 2 rings (SSSR count). The normalized spacial score (nSPS) is 9.93. The molecule has 0 saturated carbocycles. The summed E-state index contributed by atoms with van der Waals surface area (Å²) in [5, 5.41) is 0. The summed E-state index contributed by atoms with van der Waals surface area (Å²) in [6.45, 7) is 3.77. The van der Waals surface area contributed by atoms with E-state index in [4.69, 9.17) is 0 Å². The predicted octanol–water partition coefficient (Wildman–Crippen LogP) is 2.49. The minimum Gasteiger partial charge on any atom is -0.287 e. The minimum absolute atomic E-state index is 0.0596. The van der Waals surface area contributed by atoms with Crippen molar-refractivity contribution in [2.45, 2.75) is 0 Å². The largest absolute Gasteiger partial charge is 0.287 e. The van der Waals surface area contributed by atoms with Gasteiger partial charge in [0.25, 0.3) is 0 Å². The molecule has 0 spiro atoms. The molecule has 0 unspecified atom stereocenters. The van der Waals surface area contributed by atoms with Crippen LogP contribution in [0.2, 0.25) is 0 Å². The molecule has 0 aliphatic heterocycles. The van der Waals surface area contributed by atoms with Gasteiger partial charge in [0.15, 0.2) is 0 Å². The van der Waals surface area contributed by atoms with Crippen molar-refractivity contribution >= 4 is 5.78 Å². The molecule has 1 radical (unpaired) electrons. The predicted molar refractivity (Wildman–Crippen MR) is 58.6 cm³/mol. The van der Waals surface area contributed by atoms with Crippen LogP contribution in [0.5, 0.6) is 0 Å². The molecule has 1 heterocycles. The molecule has 2 aromatic rings. The summed E-state index contributed by atoms with van der Waals surface area (Å²) in [5.41, 5.74) is 2.00. The first-order valence-electron chi connectivity index (χ1n) is 4.65. The lowest BCUT2D eigenvalue weighted by Crippen LogP contribution is -2.03. The Bertz CT molecular complexity index is 460. The number of hydrogen-bond donors (Lipinski definition) is 0. The van der Waals surface area contributed by atoms with E-state index >= 15 is 0 Å². The third kappa shape index (κ3) is 2.10. The van der Waals surface area contributed by atoms with Crippen LogP contribution in [0.25, 0.3) is 0 Å². The molecular formula is C13H10NO. The quantitative estimate of drug-likeness (QED) is 0.691. The van der Waals surface area contributed by atoms with Crippen molar-refractivity contribution in [1.82, 2.24) is 4.98 Å². The molecule has 0 fully saturated rings. The van der Waals surface area contributed by atoms with Gasteiger partial charge >= 0.3 is 0 Å². The zero-order chi connectivity index (χ0) is 10.7. The Hall–Kier alpha value is -1.96. The summed E-state index contributed by atoms with van der Waals surface area (Å²) in [6, 6.07) is 12.5. The van der Waals surface area contributed by atoms with Crippen LogP contribution in [0.1, 0.15) is 21.6 Å². The van der Waals surface area contributed by atoms with Crippen molar-refractivity contribution in [2.75, 3.05) is 0 Å². The number of ketones is 1. The second-order valence-electron chi connectivity index (χ2n) is 3.24. The lowest BCUT2D eigenvalue weighted by atomic mass is 10.1. The van der Waals surface area contributed by atoms with Crippen LogP contribution in [0.3, 0.4) is 0 Å². The average Bonchev–Trinajstić information content (AvgIpc) is 2.30. The molecule has 73 valence electrons. The summed E-state index contributed by atoms with van der Waals surface area (Å²) in [6.07, 6.45) is 1.61. The molecule has 0 N–H and O–H groups in total. The van der Waals surface area contributed by atoms with Crippen LogP contribution in [0.15, 0.2) is 48.7 Å². The van der Waals surface area contributed by atoms with Gasteiger partial charge in [-0.1, -0.05) is 30.3 Å². The summed E-state index contributed by atoms with van der Waals surface area (Å²) in [7, 11) is 0. The van der Waals surface area contributed by atoms with E-state index in [1.165, 1.54) is 0 Å². The fourth-order valence-corrected chi connectivity index (χ4v) is 1.30. The van der Waals surface area contributed by atoms with Crippen molar-refractivity contribution < 1.29 is 4.79 Å². The van der Waals surface area contributed by atoms with E-state index in [0.29, 0.717) is 11.3 Å². The van der Waals surface area contributed by atoms with E-state index in [2.05, 4.69) is 11.9 Å². The van der Waals surface area contributed by atoms with Gasteiger partial charge in [-0.25, -0.2) is 0 Å². The Kier molecular flexibility index (Phi) is 2.59. The third-order valence-electron chi connectivity index (χ3n) is 2.11. The Morgan fingerprint density at radius 2 is 1.80 bits per heavy atom. The van der Waals surface area contributed by atoms with Gasteiger partial charge in [-0.15, -0.1) is 0 Å². The second kappa shape index (κ2) is 4.05. The molecule has 0 bridgehead atoms. The van der Waals surface area contributed by atoms with Crippen molar-refractivity contribution in [3.63, 3.8) is 0 Å². The van der Waals surface area contributed by atoms with E-state index in [1.807, 2.05) is 12.1 Å². The highest BCUT2D eigenvalue weighted by Gasteiger charge is 2.08. The highest BCUT2D eigenvalue weighted by atomic mass is 16.1. The van der Waals surface area contributed by atoms with E-state index in [0.717, 1.165) is 5.56 Å². The number of hydrogen-bond acceptors (Lipinski definition) is 2. The number of carbonyl (C=O) groups is 1. The fraction of sp³-hybridized carbons (Fsp3) is 0. The highest BCUT2D eigenvalue weighted by molar-refractivity contribution is 6.07. The Morgan fingerprint density at radius 1 is 1.07 bits per heavy atom. The summed E-state index contributed by atoms with van der Waals surface area (Å²) in [4.78, 5) is 15.9. The number of aromatic nitrogens is 1. The van der Waals surface area contributed by atoms with Gasteiger partial charge in [0.1, 0.15) is 5.69 Å². The summed E-state index contributed by atoms with van der Waals surface area (Å²) in [5.74, 6) is -0.0596. The smallest absolute Gasteiger partial charge is 0.211 e. The number of carbonyl (C=O) groups excluding carboxylic acids is 1. The molecular weight excluding hydrogens is 186 g/mol. The molecule has 1 aromatic heterocycles. The lowest BCUT2D eigenvalue weighted by molar-refractivity contribution is 0.103. The van der Waals surface area contributed by atoms with Crippen LogP contribution in [0, 0.1) is 6.92 Å². The van der Waals surface area contributed by atoms with Gasteiger partial charge < -0.3 is 0 Å². The maximum Gasteiger partial charge on any atom is 0.211 e. The van der Waals surface area contributed by atoms with Crippen LogP contribution in [0.4, 0.5) is 0 Å². The Labute approximate surface area is 88.6 Å². The number of benzene rings is 1. The molecule has 0 aliphatic rings. The molecule has 0 aliphatic carbocycles. The standard InChI is InChI=1S/C13H10NO/c1-10-5-7-11(8-6-10)13(15)12-4-2-3-9-14-12/h2-9H,1H2. The molecule has 1 aromatic carbocycles. The first-order valence-corrected chi connectivity index (χ1v) is 4.65. The van der Waals surface area contributed by atoms with Gasteiger partial charge in [-0.3, -0.25) is 9.78 Å². The van der Waals surface area contributed by atoms with Gasteiger partial charge in [0.2, 0.25) is 5.78 Å². The summed E-state index contributed by atoms with van der Waals surface area (Å²) >= 11 is 0. The topological polar surface area (TPSA) is 30.0 Å². The molecule has 0 saturated heterocycles. The number of rotatable bonds is 2. The van der Waals surface area contributed by atoms with Crippen molar-refractivity contribution in [3.8, 4) is 0 Å². The molecule has 2 nitrogen and oxygen atoms in total. The molecule has 0 atom stereocenters. The first-order chi connectivity index (χ1) is 7.27.